The summed E-state index contributed by atoms with van der Waals surface area (Å²) in [5.74, 6) is 0.163. The van der Waals surface area contributed by atoms with Gasteiger partial charge < -0.3 is 10.6 Å². The molecule has 1 fully saturated rings. The molecule has 1 aliphatic rings. The van der Waals surface area contributed by atoms with E-state index >= 15 is 0 Å². The number of carbonyl (C=O) groups excluding carboxylic acids is 1. The molecule has 0 saturated carbocycles. The van der Waals surface area contributed by atoms with Crippen molar-refractivity contribution in [1.82, 2.24) is 15.1 Å². The standard InChI is InChI=1S/C12H20N4O/c1-7-10(5-6-13-7)12(17)14-11-8(2)15-16(4)9(11)3/h7,10,13H,5-6H2,1-4H3,(H,14,17). The Morgan fingerprint density at radius 2 is 2.24 bits per heavy atom. The molecule has 5 nitrogen and oxygen atoms in total. The zero-order chi connectivity index (χ0) is 12.6. The fourth-order valence-corrected chi connectivity index (χ4v) is 2.39. The molecule has 0 bridgehead atoms. The van der Waals surface area contributed by atoms with E-state index in [1.807, 2.05) is 20.9 Å². The molecular formula is C12H20N4O. The molecule has 17 heavy (non-hydrogen) atoms. The van der Waals surface area contributed by atoms with Crippen LogP contribution in [0.3, 0.4) is 0 Å². The van der Waals surface area contributed by atoms with E-state index in [4.69, 9.17) is 0 Å². The highest BCUT2D eigenvalue weighted by Crippen LogP contribution is 2.22. The third kappa shape index (κ3) is 2.20. The molecule has 2 N–H and O–H groups in total. The quantitative estimate of drug-likeness (QED) is 0.804. The number of aryl methyl sites for hydroxylation is 2. The van der Waals surface area contributed by atoms with Crippen molar-refractivity contribution < 1.29 is 4.79 Å². The number of amides is 1. The first kappa shape index (κ1) is 12.1. The van der Waals surface area contributed by atoms with Crippen molar-refractivity contribution in [2.45, 2.75) is 33.2 Å². The predicted molar refractivity (Wildman–Crippen MR) is 66.9 cm³/mol. The molecular weight excluding hydrogens is 216 g/mol. The molecule has 0 aromatic carbocycles. The van der Waals surface area contributed by atoms with Crippen LogP contribution >= 0.6 is 0 Å². The van der Waals surface area contributed by atoms with Crippen LogP contribution in [0.25, 0.3) is 0 Å². The summed E-state index contributed by atoms with van der Waals surface area (Å²) in [6, 6.07) is 0.257. The minimum Gasteiger partial charge on any atom is -0.323 e. The van der Waals surface area contributed by atoms with Crippen molar-refractivity contribution in [3.8, 4) is 0 Å². The topological polar surface area (TPSA) is 59.0 Å². The van der Waals surface area contributed by atoms with E-state index in [0.29, 0.717) is 0 Å². The van der Waals surface area contributed by atoms with Gasteiger partial charge in [-0.05, 0) is 33.7 Å². The Kier molecular flexibility index (Phi) is 3.19. The summed E-state index contributed by atoms with van der Waals surface area (Å²) in [6.07, 6.45) is 0.908. The van der Waals surface area contributed by atoms with E-state index in [2.05, 4.69) is 22.7 Å². The molecule has 1 saturated heterocycles. The van der Waals surface area contributed by atoms with Gasteiger partial charge in [0.1, 0.15) is 0 Å². The fourth-order valence-electron chi connectivity index (χ4n) is 2.39. The highest BCUT2D eigenvalue weighted by molar-refractivity contribution is 5.94. The van der Waals surface area contributed by atoms with Gasteiger partial charge in [0.25, 0.3) is 0 Å². The summed E-state index contributed by atoms with van der Waals surface area (Å²) in [5, 5.41) is 10.6. The summed E-state index contributed by atoms with van der Waals surface area (Å²) in [6.45, 7) is 6.86. The van der Waals surface area contributed by atoms with E-state index in [1.165, 1.54) is 0 Å². The number of rotatable bonds is 2. The molecule has 1 amide bonds. The Morgan fingerprint density at radius 1 is 1.53 bits per heavy atom. The van der Waals surface area contributed by atoms with Gasteiger partial charge >= 0.3 is 0 Å². The van der Waals surface area contributed by atoms with Crippen LogP contribution in [-0.4, -0.2) is 28.3 Å². The van der Waals surface area contributed by atoms with Gasteiger partial charge in [-0.25, -0.2) is 0 Å². The zero-order valence-corrected chi connectivity index (χ0v) is 10.9. The Balaban J connectivity index is 2.13. The lowest BCUT2D eigenvalue weighted by atomic mass is 10.0. The summed E-state index contributed by atoms with van der Waals surface area (Å²) >= 11 is 0. The second-order valence-electron chi connectivity index (χ2n) is 4.80. The first-order valence-electron chi connectivity index (χ1n) is 6.05. The maximum atomic E-state index is 12.2. The summed E-state index contributed by atoms with van der Waals surface area (Å²) < 4.78 is 1.79. The number of nitrogens with one attached hydrogen (secondary N) is 2. The van der Waals surface area contributed by atoms with Gasteiger partial charge in [0, 0.05) is 13.1 Å². The van der Waals surface area contributed by atoms with Gasteiger partial charge in [0.15, 0.2) is 0 Å². The molecule has 0 radical (unpaired) electrons. The van der Waals surface area contributed by atoms with Gasteiger partial charge in [0.2, 0.25) is 5.91 Å². The van der Waals surface area contributed by atoms with Crippen LogP contribution in [0.5, 0.6) is 0 Å². The monoisotopic (exact) mass is 236 g/mol. The number of anilines is 1. The Labute approximate surface area is 102 Å². The molecule has 1 aromatic rings. The number of hydrogen-bond acceptors (Lipinski definition) is 3. The Bertz CT molecular complexity index is 438. The van der Waals surface area contributed by atoms with Crippen LogP contribution in [0.4, 0.5) is 5.69 Å². The molecule has 0 spiro atoms. The number of aromatic nitrogens is 2. The second-order valence-corrected chi connectivity index (χ2v) is 4.80. The van der Waals surface area contributed by atoms with Crippen molar-refractivity contribution in [1.29, 1.82) is 0 Å². The average Bonchev–Trinajstić information content (AvgIpc) is 2.78. The Hall–Kier alpha value is -1.36. The van der Waals surface area contributed by atoms with Crippen LogP contribution < -0.4 is 10.6 Å². The van der Waals surface area contributed by atoms with Gasteiger partial charge in [-0.2, -0.15) is 5.10 Å². The lowest BCUT2D eigenvalue weighted by molar-refractivity contribution is -0.120. The molecule has 0 aliphatic carbocycles. The van der Waals surface area contributed by atoms with Crippen molar-refractivity contribution in [2.75, 3.05) is 11.9 Å². The predicted octanol–water partition coefficient (Wildman–Crippen LogP) is 0.973. The Morgan fingerprint density at radius 3 is 2.71 bits per heavy atom. The van der Waals surface area contributed by atoms with Crippen LogP contribution in [0.1, 0.15) is 24.7 Å². The normalized spacial score (nSPS) is 24.0. The van der Waals surface area contributed by atoms with Crippen molar-refractivity contribution in [3.05, 3.63) is 11.4 Å². The highest BCUT2D eigenvalue weighted by atomic mass is 16.2. The largest absolute Gasteiger partial charge is 0.323 e. The van der Waals surface area contributed by atoms with E-state index in [-0.39, 0.29) is 17.9 Å². The third-order valence-electron chi connectivity index (χ3n) is 3.62. The summed E-state index contributed by atoms with van der Waals surface area (Å²) in [5.41, 5.74) is 2.73. The molecule has 1 aromatic heterocycles. The van der Waals surface area contributed by atoms with E-state index in [9.17, 15) is 4.79 Å². The van der Waals surface area contributed by atoms with Gasteiger partial charge in [-0.3, -0.25) is 9.48 Å². The first-order valence-corrected chi connectivity index (χ1v) is 6.05. The molecule has 2 atom stereocenters. The van der Waals surface area contributed by atoms with Crippen molar-refractivity contribution >= 4 is 11.6 Å². The summed E-state index contributed by atoms with van der Waals surface area (Å²) in [7, 11) is 1.89. The maximum absolute atomic E-state index is 12.2. The minimum atomic E-state index is 0.0639. The molecule has 2 rings (SSSR count). The van der Waals surface area contributed by atoms with Gasteiger partial charge in [-0.15, -0.1) is 0 Å². The van der Waals surface area contributed by atoms with E-state index in [0.717, 1.165) is 30.0 Å². The van der Waals surface area contributed by atoms with Gasteiger partial charge in [-0.1, -0.05) is 0 Å². The SMILES string of the molecule is Cc1nn(C)c(C)c1NC(=O)C1CCNC1C. The van der Waals surface area contributed by atoms with Crippen LogP contribution in [0, 0.1) is 19.8 Å². The maximum Gasteiger partial charge on any atom is 0.229 e. The van der Waals surface area contributed by atoms with Crippen LogP contribution in [0.2, 0.25) is 0 Å². The average molecular weight is 236 g/mol. The van der Waals surface area contributed by atoms with Gasteiger partial charge in [0.05, 0.1) is 23.0 Å². The third-order valence-corrected chi connectivity index (χ3v) is 3.62. The van der Waals surface area contributed by atoms with Crippen molar-refractivity contribution in [2.24, 2.45) is 13.0 Å². The molecule has 2 unspecified atom stereocenters. The van der Waals surface area contributed by atoms with Crippen molar-refractivity contribution in [3.63, 3.8) is 0 Å². The molecule has 1 aliphatic heterocycles. The van der Waals surface area contributed by atoms with Crippen LogP contribution in [-0.2, 0) is 11.8 Å². The van der Waals surface area contributed by atoms with E-state index < -0.39 is 0 Å². The minimum absolute atomic E-state index is 0.0639. The van der Waals surface area contributed by atoms with Crippen LogP contribution in [0.15, 0.2) is 0 Å². The van der Waals surface area contributed by atoms with E-state index in [1.54, 1.807) is 4.68 Å². The molecule has 5 heteroatoms. The summed E-state index contributed by atoms with van der Waals surface area (Å²) in [4.78, 5) is 12.2. The zero-order valence-electron chi connectivity index (χ0n) is 10.9. The molecule has 2 heterocycles. The lowest BCUT2D eigenvalue weighted by Crippen LogP contribution is -2.32. The number of hydrogen-bond donors (Lipinski definition) is 2. The first-order chi connectivity index (χ1) is 8.00. The highest BCUT2D eigenvalue weighted by Gasteiger charge is 2.30. The second kappa shape index (κ2) is 4.49. The lowest BCUT2D eigenvalue weighted by Gasteiger charge is -2.15. The number of carbonyl (C=O) groups is 1. The smallest absolute Gasteiger partial charge is 0.229 e. The molecule has 94 valence electrons. The number of nitrogens with zero attached hydrogens (tertiary/aromatic N) is 2. The fraction of sp³-hybridized carbons (Fsp3) is 0.667.